The molecule has 2 N–H and O–H groups in total. The normalized spacial score (nSPS) is 12.4. The summed E-state index contributed by atoms with van der Waals surface area (Å²) in [5, 5.41) is 12.1. The van der Waals surface area contributed by atoms with Crippen LogP contribution in [0.4, 0.5) is 0 Å². The maximum atomic E-state index is 12.1. The van der Waals surface area contributed by atoms with E-state index < -0.39 is 6.04 Å². The van der Waals surface area contributed by atoms with Gasteiger partial charge in [-0.2, -0.15) is 0 Å². The van der Waals surface area contributed by atoms with Crippen molar-refractivity contribution in [3.63, 3.8) is 0 Å². The van der Waals surface area contributed by atoms with Crippen molar-refractivity contribution in [3.05, 3.63) is 45.5 Å². The Labute approximate surface area is 116 Å². The van der Waals surface area contributed by atoms with E-state index in [9.17, 15) is 9.90 Å². The number of amides is 1. The zero-order valence-corrected chi connectivity index (χ0v) is 11.8. The van der Waals surface area contributed by atoms with Gasteiger partial charge >= 0.3 is 0 Å². The minimum atomic E-state index is -0.505. The molecule has 0 aliphatic heterocycles. The van der Waals surface area contributed by atoms with Crippen LogP contribution in [-0.2, 0) is 6.42 Å². The number of nitrogens with one attached hydrogen (secondary N) is 1. The smallest absolute Gasteiger partial charge is 0.262 e. The SMILES string of the molecule is CCc1cc(C(=O)NC(CO)c2ccco2)sc1C. The summed E-state index contributed by atoms with van der Waals surface area (Å²) in [6.07, 6.45) is 2.44. The fourth-order valence-electron chi connectivity index (χ4n) is 1.91. The molecule has 102 valence electrons. The standard InChI is InChI=1S/C14H17NO3S/c1-3-10-7-13(19-9(10)2)14(17)15-11(8-16)12-5-4-6-18-12/h4-7,11,16H,3,8H2,1-2H3,(H,15,17). The second-order valence-electron chi connectivity index (χ2n) is 4.27. The van der Waals surface area contributed by atoms with E-state index in [2.05, 4.69) is 12.2 Å². The van der Waals surface area contributed by atoms with E-state index in [-0.39, 0.29) is 12.5 Å². The van der Waals surface area contributed by atoms with Gasteiger partial charge in [0.2, 0.25) is 0 Å². The van der Waals surface area contributed by atoms with Crippen molar-refractivity contribution in [2.24, 2.45) is 0 Å². The number of carbonyl (C=O) groups is 1. The molecule has 0 saturated carbocycles. The van der Waals surface area contributed by atoms with Crippen LogP contribution in [0.1, 0.15) is 38.8 Å². The molecule has 4 nitrogen and oxygen atoms in total. The van der Waals surface area contributed by atoms with Gasteiger partial charge in [0.1, 0.15) is 11.8 Å². The van der Waals surface area contributed by atoms with Gasteiger partial charge in [-0.05, 0) is 37.1 Å². The molecule has 0 saturated heterocycles. The maximum absolute atomic E-state index is 12.1. The lowest BCUT2D eigenvalue weighted by atomic mass is 10.2. The van der Waals surface area contributed by atoms with E-state index in [1.54, 1.807) is 12.1 Å². The first kappa shape index (κ1) is 13.8. The molecule has 19 heavy (non-hydrogen) atoms. The minimum absolute atomic E-state index is 0.178. The van der Waals surface area contributed by atoms with E-state index in [1.807, 2.05) is 13.0 Å². The highest BCUT2D eigenvalue weighted by atomic mass is 32.1. The molecule has 0 spiro atoms. The van der Waals surface area contributed by atoms with Crippen LogP contribution in [0.25, 0.3) is 0 Å². The first-order valence-electron chi connectivity index (χ1n) is 6.20. The predicted octanol–water partition coefficient (Wildman–Crippen LogP) is 2.68. The Balaban J connectivity index is 2.11. The largest absolute Gasteiger partial charge is 0.467 e. The topological polar surface area (TPSA) is 62.5 Å². The third kappa shape index (κ3) is 3.05. The molecule has 2 rings (SSSR count). The predicted molar refractivity (Wildman–Crippen MR) is 74.4 cm³/mol. The maximum Gasteiger partial charge on any atom is 0.262 e. The highest BCUT2D eigenvalue weighted by molar-refractivity contribution is 7.14. The quantitative estimate of drug-likeness (QED) is 0.884. The Morgan fingerprint density at radius 3 is 2.89 bits per heavy atom. The third-order valence-electron chi connectivity index (χ3n) is 3.00. The van der Waals surface area contributed by atoms with Crippen molar-refractivity contribution in [1.29, 1.82) is 0 Å². The number of rotatable bonds is 5. The first-order chi connectivity index (χ1) is 9.15. The van der Waals surface area contributed by atoms with Gasteiger partial charge in [-0.25, -0.2) is 0 Å². The number of aliphatic hydroxyl groups excluding tert-OH is 1. The van der Waals surface area contributed by atoms with E-state index >= 15 is 0 Å². The number of carbonyl (C=O) groups excluding carboxylic acids is 1. The number of furan rings is 1. The lowest BCUT2D eigenvalue weighted by Gasteiger charge is -2.12. The zero-order chi connectivity index (χ0) is 13.8. The number of hydrogen-bond acceptors (Lipinski definition) is 4. The Kier molecular flexibility index (Phi) is 4.39. The Hall–Kier alpha value is -1.59. The average molecular weight is 279 g/mol. The molecule has 2 aromatic heterocycles. The summed E-state index contributed by atoms with van der Waals surface area (Å²) < 4.78 is 5.20. The van der Waals surface area contributed by atoms with Crippen LogP contribution in [-0.4, -0.2) is 17.6 Å². The molecule has 0 aliphatic carbocycles. The molecule has 2 aromatic rings. The molecule has 5 heteroatoms. The molecule has 1 unspecified atom stereocenters. The number of hydrogen-bond donors (Lipinski definition) is 2. The van der Waals surface area contributed by atoms with Crippen molar-refractivity contribution in [3.8, 4) is 0 Å². The van der Waals surface area contributed by atoms with Gasteiger partial charge in [0.25, 0.3) is 5.91 Å². The molecule has 1 amide bonds. The van der Waals surface area contributed by atoms with Gasteiger partial charge < -0.3 is 14.8 Å². The van der Waals surface area contributed by atoms with Crippen molar-refractivity contribution in [2.45, 2.75) is 26.3 Å². The number of aliphatic hydroxyl groups is 1. The summed E-state index contributed by atoms with van der Waals surface area (Å²) in [6, 6.07) is 4.87. The fourth-order valence-corrected chi connectivity index (χ4v) is 2.93. The third-order valence-corrected chi connectivity index (χ3v) is 4.09. The molecule has 0 radical (unpaired) electrons. The van der Waals surface area contributed by atoms with E-state index in [1.165, 1.54) is 23.2 Å². The molecule has 2 heterocycles. The van der Waals surface area contributed by atoms with Crippen LogP contribution in [0.5, 0.6) is 0 Å². The van der Waals surface area contributed by atoms with E-state index in [4.69, 9.17) is 4.42 Å². The average Bonchev–Trinajstić information content (AvgIpc) is 3.04. The van der Waals surface area contributed by atoms with Crippen LogP contribution in [0.15, 0.2) is 28.9 Å². The van der Waals surface area contributed by atoms with Gasteiger partial charge in [-0.15, -0.1) is 11.3 Å². The number of thiophene rings is 1. The molecule has 0 fully saturated rings. The van der Waals surface area contributed by atoms with Crippen LogP contribution in [0, 0.1) is 6.92 Å². The molecule has 0 aliphatic rings. The lowest BCUT2D eigenvalue weighted by molar-refractivity contribution is 0.0911. The monoisotopic (exact) mass is 279 g/mol. The summed E-state index contributed by atoms with van der Waals surface area (Å²) in [4.78, 5) is 14.0. The molecule has 0 bridgehead atoms. The molecular formula is C14H17NO3S. The van der Waals surface area contributed by atoms with E-state index in [0.717, 1.165) is 11.3 Å². The summed E-state index contributed by atoms with van der Waals surface area (Å²) >= 11 is 1.47. The summed E-state index contributed by atoms with van der Waals surface area (Å²) in [5.41, 5.74) is 1.19. The minimum Gasteiger partial charge on any atom is -0.467 e. The lowest BCUT2D eigenvalue weighted by Crippen LogP contribution is -2.29. The van der Waals surface area contributed by atoms with Gasteiger partial charge in [-0.1, -0.05) is 6.92 Å². The number of aryl methyl sites for hydroxylation is 2. The molecule has 0 aromatic carbocycles. The first-order valence-corrected chi connectivity index (χ1v) is 7.01. The second-order valence-corrected chi connectivity index (χ2v) is 5.53. The highest BCUT2D eigenvalue weighted by Gasteiger charge is 2.19. The van der Waals surface area contributed by atoms with Crippen molar-refractivity contribution >= 4 is 17.2 Å². The molecule has 1 atom stereocenters. The Morgan fingerprint density at radius 1 is 1.58 bits per heavy atom. The molecular weight excluding hydrogens is 262 g/mol. The van der Waals surface area contributed by atoms with Crippen molar-refractivity contribution < 1.29 is 14.3 Å². The van der Waals surface area contributed by atoms with E-state index in [0.29, 0.717) is 10.6 Å². The zero-order valence-electron chi connectivity index (χ0n) is 11.0. The van der Waals surface area contributed by atoms with Crippen molar-refractivity contribution in [1.82, 2.24) is 5.32 Å². The fraction of sp³-hybridized carbons (Fsp3) is 0.357. The Bertz CT molecular complexity index is 545. The van der Waals surface area contributed by atoms with Gasteiger partial charge in [0, 0.05) is 4.88 Å². The van der Waals surface area contributed by atoms with Crippen LogP contribution in [0.3, 0.4) is 0 Å². The second kappa shape index (κ2) is 6.04. The highest BCUT2D eigenvalue weighted by Crippen LogP contribution is 2.23. The van der Waals surface area contributed by atoms with Gasteiger partial charge in [0.05, 0.1) is 17.7 Å². The van der Waals surface area contributed by atoms with Crippen molar-refractivity contribution in [2.75, 3.05) is 6.61 Å². The van der Waals surface area contributed by atoms with Crippen LogP contribution in [0.2, 0.25) is 0 Å². The summed E-state index contributed by atoms with van der Waals surface area (Å²) in [7, 11) is 0. The van der Waals surface area contributed by atoms with Crippen LogP contribution >= 0.6 is 11.3 Å². The Morgan fingerprint density at radius 2 is 2.37 bits per heavy atom. The van der Waals surface area contributed by atoms with Crippen LogP contribution < -0.4 is 5.32 Å². The summed E-state index contributed by atoms with van der Waals surface area (Å²) in [5.74, 6) is 0.378. The van der Waals surface area contributed by atoms with Gasteiger partial charge in [0.15, 0.2) is 0 Å². The summed E-state index contributed by atoms with van der Waals surface area (Å²) in [6.45, 7) is 3.89. The van der Waals surface area contributed by atoms with Gasteiger partial charge in [-0.3, -0.25) is 4.79 Å².